The summed E-state index contributed by atoms with van der Waals surface area (Å²) in [6, 6.07) is 14.1. The van der Waals surface area contributed by atoms with E-state index in [1.54, 1.807) is 24.3 Å². The van der Waals surface area contributed by atoms with Gasteiger partial charge in [0.2, 0.25) is 10.0 Å². The molecule has 0 amide bonds. The van der Waals surface area contributed by atoms with Gasteiger partial charge >= 0.3 is 0 Å². The predicted molar refractivity (Wildman–Crippen MR) is 92.0 cm³/mol. The lowest BCUT2D eigenvalue weighted by molar-refractivity contribution is 0.567. The summed E-state index contributed by atoms with van der Waals surface area (Å²) >= 11 is 6.73. The van der Waals surface area contributed by atoms with E-state index in [9.17, 15) is 8.42 Å². The van der Waals surface area contributed by atoms with E-state index in [1.165, 1.54) is 0 Å². The smallest absolute Gasteiger partial charge is 0.207 e. The van der Waals surface area contributed by atoms with Gasteiger partial charge in [-0.1, -0.05) is 56.1 Å². The van der Waals surface area contributed by atoms with E-state index in [0.29, 0.717) is 5.33 Å². The van der Waals surface area contributed by atoms with Crippen LogP contribution in [0.4, 0.5) is 0 Å². The second-order valence-electron chi connectivity index (χ2n) is 4.68. The molecule has 2 rings (SSSR count). The molecule has 0 aliphatic heterocycles. The van der Waals surface area contributed by atoms with Gasteiger partial charge in [-0.05, 0) is 42.3 Å². The summed E-state index contributed by atoms with van der Waals surface area (Å²) in [6.07, 6.45) is 0. The average molecular weight is 433 g/mol. The topological polar surface area (TPSA) is 46.2 Å². The molecule has 2 aromatic carbocycles. The third-order valence-corrected chi connectivity index (χ3v) is 5.77. The lowest BCUT2D eigenvalue weighted by atomic mass is 10.1. The Bertz CT molecular complexity index is 715. The van der Waals surface area contributed by atoms with Crippen LogP contribution < -0.4 is 4.72 Å². The maximum absolute atomic E-state index is 12.4. The van der Waals surface area contributed by atoms with Crippen LogP contribution in [0, 0.1) is 0 Å². The summed E-state index contributed by atoms with van der Waals surface area (Å²) < 4.78 is 28.3. The molecule has 1 N–H and O–H groups in total. The van der Waals surface area contributed by atoms with Crippen molar-refractivity contribution in [1.29, 1.82) is 0 Å². The standard InChI is InChI=1S/C15H15Br2NO2S/c1-11(13-3-2-4-14(17)9-13)18-21(19,20)15-7-5-12(10-16)6-8-15/h2-9,11,18H,10H2,1H3/t11-/m0/s1. The first-order valence-corrected chi connectivity index (χ1v) is 9.75. The second-order valence-corrected chi connectivity index (χ2v) is 7.87. The van der Waals surface area contributed by atoms with Gasteiger partial charge < -0.3 is 0 Å². The zero-order valence-corrected chi connectivity index (χ0v) is 15.4. The summed E-state index contributed by atoms with van der Waals surface area (Å²) in [4.78, 5) is 0.272. The molecular formula is C15H15Br2NO2S. The molecule has 0 aliphatic carbocycles. The van der Waals surface area contributed by atoms with Crippen molar-refractivity contribution in [3.8, 4) is 0 Å². The first kappa shape index (κ1) is 16.7. The largest absolute Gasteiger partial charge is 0.241 e. The van der Waals surface area contributed by atoms with Gasteiger partial charge in [-0.3, -0.25) is 0 Å². The molecule has 0 heterocycles. The highest BCUT2D eigenvalue weighted by atomic mass is 79.9. The van der Waals surface area contributed by atoms with E-state index in [0.717, 1.165) is 15.6 Å². The first-order chi connectivity index (χ1) is 9.92. The van der Waals surface area contributed by atoms with Crippen LogP contribution in [0.15, 0.2) is 57.9 Å². The molecule has 0 saturated carbocycles. The minimum absolute atomic E-state index is 0.272. The van der Waals surface area contributed by atoms with Crippen LogP contribution in [0.5, 0.6) is 0 Å². The van der Waals surface area contributed by atoms with Gasteiger partial charge in [0.25, 0.3) is 0 Å². The van der Waals surface area contributed by atoms with Crippen molar-refractivity contribution in [3.05, 3.63) is 64.1 Å². The van der Waals surface area contributed by atoms with Gasteiger partial charge in [-0.25, -0.2) is 13.1 Å². The zero-order valence-electron chi connectivity index (χ0n) is 11.4. The van der Waals surface area contributed by atoms with E-state index in [-0.39, 0.29) is 10.9 Å². The zero-order chi connectivity index (χ0) is 15.5. The SMILES string of the molecule is C[C@H](NS(=O)(=O)c1ccc(CBr)cc1)c1cccc(Br)c1. The fraction of sp³-hybridized carbons (Fsp3) is 0.200. The molecule has 0 radical (unpaired) electrons. The molecule has 112 valence electrons. The van der Waals surface area contributed by atoms with Gasteiger partial charge in [0, 0.05) is 15.8 Å². The van der Waals surface area contributed by atoms with Crippen molar-refractivity contribution in [2.24, 2.45) is 0 Å². The molecule has 0 aliphatic rings. The number of hydrogen-bond acceptors (Lipinski definition) is 2. The molecule has 0 spiro atoms. The molecular weight excluding hydrogens is 418 g/mol. The highest BCUT2D eigenvalue weighted by Crippen LogP contribution is 2.20. The van der Waals surface area contributed by atoms with Crippen LogP contribution in [-0.2, 0) is 15.4 Å². The molecule has 2 aromatic rings. The van der Waals surface area contributed by atoms with Crippen LogP contribution in [0.2, 0.25) is 0 Å². The molecule has 0 unspecified atom stereocenters. The lowest BCUT2D eigenvalue weighted by Gasteiger charge is -2.15. The number of nitrogens with one attached hydrogen (secondary N) is 1. The predicted octanol–water partition coefficient (Wildman–Crippen LogP) is 4.38. The Morgan fingerprint density at radius 2 is 1.81 bits per heavy atom. The van der Waals surface area contributed by atoms with E-state index < -0.39 is 10.0 Å². The van der Waals surface area contributed by atoms with Crippen LogP contribution in [0.3, 0.4) is 0 Å². The first-order valence-electron chi connectivity index (χ1n) is 6.35. The Balaban J connectivity index is 2.20. The minimum atomic E-state index is -3.53. The van der Waals surface area contributed by atoms with E-state index in [2.05, 4.69) is 36.6 Å². The fourth-order valence-electron chi connectivity index (χ4n) is 1.90. The van der Waals surface area contributed by atoms with Gasteiger partial charge in [0.15, 0.2) is 0 Å². The molecule has 0 aromatic heterocycles. The number of alkyl halides is 1. The molecule has 1 atom stereocenters. The Morgan fingerprint density at radius 3 is 2.38 bits per heavy atom. The molecule has 0 bridgehead atoms. The van der Waals surface area contributed by atoms with E-state index >= 15 is 0 Å². The second kappa shape index (κ2) is 7.05. The molecule has 6 heteroatoms. The summed E-state index contributed by atoms with van der Waals surface area (Å²) in [7, 11) is -3.53. The highest BCUT2D eigenvalue weighted by Gasteiger charge is 2.18. The molecule has 3 nitrogen and oxygen atoms in total. The minimum Gasteiger partial charge on any atom is -0.207 e. The van der Waals surface area contributed by atoms with E-state index in [4.69, 9.17) is 0 Å². The van der Waals surface area contributed by atoms with Crippen LogP contribution >= 0.6 is 31.9 Å². The average Bonchev–Trinajstić information content (AvgIpc) is 2.47. The number of sulfonamides is 1. The molecule has 0 fully saturated rings. The van der Waals surface area contributed by atoms with Crippen LogP contribution in [0.25, 0.3) is 0 Å². The Hall–Kier alpha value is -0.690. The summed E-state index contributed by atoms with van der Waals surface area (Å²) in [5.41, 5.74) is 1.94. The van der Waals surface area contributed by atoms with Crippen LogP contribution in [-0.4, -0.2) is 8.42 Å². The quantitative estimate of drug-likeness (QED) is 0.712. The van der Waals surface area contributed by atoms with Gasteiger partial charge in [-0.2, -0.15) is 0 Å². The molecule has 21 heavy (non-hydrogen) atoms. The number of benzene rings is 2. The van der Waals surface area contributed by atoms with Crippen molar-refractivity contribution in [2.45, 2.75) is 23.2 Å². The number of rotatable bonds is 5. The monoisotopic (exact) mass is 431 g/mol. The van der Waals surface area contributed by atoms with Crippen LogP contribution in [0.1, 0.15) is 24.1 Å². The molecule has 0 saturated heterocycles. The Labute approximate surface area is 142 Å². The van der Waals surface area contributed by atoms with Gasteiger partial charge in [0.05, 0.1) is 4.90 Å². The number of halogens is 2. The summed E-state index contributed by atoms with van der Waals surface area (Å²) in [6.45, 7) is 1.83. The Morgan fingerprint density at radius 1 is 1.14 bits per heavy atom. The highest BCUT2D eigenvalue weighted by molar-refractivity contribution is 9.10. The van der Waals surface area contributed by atoms with Crippen molar-refractivity contribution in [1.82, 2.24) is 4.72 Å². The third-order valence-electron chi connectivity index (χ3n) is 3.07. The fourth-order valence-corrected chi connectivity index (χ4v) is 3.93. The normalized spacial score (nSPS) is 13.1. The third kappa shape index (κ3) is 4.39. The summed E-state index contributed by atoms with van der Waals surface area (Å²) in [5.74, 6) is 0. The maximum atomic E-state index is 12.4. The number of hydrogen-bond donors (Lipinski definition) is 1. The van der Waals surface area contributed by atoms with Gasteiger partial charge in [0.1, 0.15) is 0 Å². The summed E-state index contributed by atoms with van der Waals surface area (Å²) in [5, 5.41) is 0.704. The van der Waals surface area contributed by atoms with Crippen molar-refractivity contribution in [3.63, 3.8) is 0 Å². The lowest BCUT2D eigenvalue weighted by Crippen LogP contribution is -2.26. The van der Waals surface area contributed by atoms with Gasteiger partial charge in [-0.15, -0.1) is 0 Å². The van der Waals surface area contributed by atoms with E-state index in [1.807, 2.05) is 31.2 Å². The van der Waals surface area contributed by atoms with Crippen molar-refractivity contribution < 1.29 is 8.42 Å². The van der Waals surface area contributed by atoms with Crippen molar-refractivity contribution in [2.75, 3.05) is 0 Å². The Kier molecular flexibility index (Phi) is 5.60. The maximum Gasteiger partial charge on any atom is 0.241 e. The van der Waals surface area contributed by atoms with Crippen molar-refractivity contribution >= 4 is 41.9 Å².